The van der Waals surface area contributed by atoms with Gasteiger partial charge in [0.25, 0.3) is 0 Å². The number of ether oxygens (including phenoxy) is 3. The Bertz CT molecular complexity index is 1940. The summed E-state index contributed by atoms with van der Waals surface area (Å²) in [6.07, 6.45) is -4.14. The Morgan fingerprint density at radius 3 is 1.36 bits per heavy atom. The Morgan fingerprint density at radius 1 is 0.568 bits per heavy atom. The van der Waals surface area contributed by atoms with Crippen molar-refractivity contribution in [2.75, 3.05) is 109 Å². The van der Waals surface area contributed by atoms with E-state index >= 15 is 0 Å². The molecule has 0 aromatic carbocycles. The van der Waals surface area contributed by atoms with Gasteiger partial charge < -0.3 is 39.7 Å². The van der Waals surface area contributed by atoms with Crippen molar-refractivity contribution in [2.24, 2.45) is 5.41 Å². The van der Waals surface area contributed by atoms with Crippen molar-refractivity contribution < 1.29 is 80.0 Å². The lowest BCUT2D eigenvalue weighted by atomic mass is 9.91. The molecular formula is C53H109N4O17P3S4. The second kappa shape index (κ2) is 34.6. The van der Waals surface area contributed by atoms with Gasteiger partial charge in [0.1, 0.15) is 24.4 Å². The van der Waals surface area contributed by atoms with Crippen LogP contribution in [0.15, 0.2) is 0 Å². The number of aliphatic hydroxyl groups is 3. The predicted octanol–water partition coefficient (Wildman–Crippen LogP) is 10.6. The molecule has 3 heterocycles. The lowest BCUT2D eigenvalue weighted by Crippen LogP contribution is -2.64. The number of hydrogen-bond acceptors (Lipinski definition) is 24. The van der Waals surface area contributed by atoms with Crippen molar-refractivity contribution in [3.8, 4) is 0 Å². The van der Waals surface area contributed by atoms with Crippen molar-refractivity contribution in [1.29, 1.82) is 0 Å². The van der Waals surface area contributed by atoms with Gasteiger partial charge in [-0.2, -0.15) is 0 Å². The highest BCUT2D eigenvalue weighted by Crippen LogP contribution is 2.66. The molecule has 1 amide bonds. The first kappa shape index (κ1) is 79.6. The Morgan fingerprint density at radius 2 is 0.963 bits per heavy atom. The highest BCUT2D eigenvalue weighted by atomic mass is 32.7. The van der Waals surface area contributed by atoms with E-state index in [9.17, 15) is 38.6 Å². The number of carbonyl (C=O) groups excluding carboxylic acids is 2. The summed E-state index contributed by atoms with van der Waals surface area (Å²) in [6, 6.07) is -1.03. The van der Waals surface area contributed by atoms with Crippen LogP contribution >= 0.6 is 66.3 Å². The van der Waals surface area contributed by atoms with Gasteiger partial charge in [-0.3, -0.25) is 46.5 Å². The van der Waals surface area contributed by atoms with Crippen LogP contribution in [0.1, 0.15) is 152 Å². The third-order valence-corrected chi connectivity index (χ3v) is 24.7. The first-order chi connectivity index (χ1) is 36.6. The van der Waals surface area contributed by atoms with E-state index < -0.39 is 97.2 Å². The average Bonchev–Trinajstić information content (AvgIpc) is 3.25. The Balaban J connectivity index is 0.000000615. The lowest BCUT2D eigenvalue weighted by Gasteiger charge is -2.42. The molecule has 81 heavy (non-hydrogen) atoms. The number of nitrogens with one attached hydrogen (secondary N) is 1. The van der Waals surface area contributed by atoms with E-state index in [1.165, 1.54) is 41.4 Å². The van der Waals surface area contributed by atoms with Crippen LogP contribution in [0, 0.1) is 5.41 Å². The lowest BCUT2D eigenvalue weighted by molar-refractivity contribution is -0.268. The third-order valence-electron chi connectivity index (χ3n) is 10.7. The number of aliphatic hydroxyl groups excluding tert-OH is 3. The Labute approximate surface area is 504 Å². The van der Waals surface area contributed by atoms with E-state index in [0.717, 1.165) is 89.1 Å². The van der Waals surface area contributed by atoms with Gasteiger partial charge >= 0.3 is 20.4 Å². The molecular weight excluding hydrogens is 1190 g/mol. The molecule has 4 N–H and O–H groups in total. The maximum absolute atomic E-state index is 13.2. The SMILES string of the molecule is CC(=O)NC1C(OCCSP(=O)(OC(C)(C)C)OC(C)(C)C)OC(CO)C(O)C1O.CC(C)(C)OP(=O)(OC(C)(C)C)SCCSC(=O)C(C)(C)CCN1CCOCC1.CN1CCN(CCSP(=O)(OC(C)(C)C)OC(C)(C)C)CC1. The zero-order valence-electron chi connectivity index (χ0n) is 53.3. The summed E-state index contributed by atoms with van der Waals surface area (Å²) in [7, 11) is 2.15. The molecule has 0 aromatic heterocycles. The molecule has 3 fully saturated rings. The number of hydrogen-bond donors (Lipinski definition) is 4. The van der Waals surface area contributed by atoms with E-state index in [2.05, 4.69) is 27.1 Å². The largest absolute Gasteiger partial charge is 0.394 e. The van der Waals surface area contributed by atoms with E-state index in [1.807, 2.05) is 96.9 Å². The number of thioether (sulfide) groups is 1. The van der Waals surface area contributed by atoms with E-state index in [0.29, 0.717) is 11.5 Å². The molecule has 5 unspecified atom stereocenters. The number of morpholine rings is 1. The van der Waals surface area contributed by atoms with Crippen molar-refractivity contribution in [3.63, 3.8) is 0 Å². The van der Waals surface area contributed by atoms with Crippen molar-refractivity contribution in [3.05, 3.63) is 0 Å². The van der Waals surface area contributed by atoms with Crippen LogP contribution < -0.4 is 5.32 Å². The fourth-order valence-electron chi connectivity index (χ4n) is 7.35. The molecule has 5 atom stereocenters. The number of rotatable bonds is 25. The summed E-state index contributed by atoms with van der Waals surface area (Å²) in [4.78, 5) is 31.2. The van der Waals surface area contributed by atoms with Crippen LogP contribution in [0.25, 0.3) is 0 Å². The van der Waals surface area contributed by atoms with E-state index in [1.54, 1.807) is 41.5 Å². The van der Waals surface area contributed by atoms with E-state index in [4.69, 9.17) is 41.4 Å². The first-order valence-corrected chi connectivity index (χ1v) is 38.3. The van der Waals surface area contributed by atoms with E-state index in [-0.39, 0.29) is 22.9 Å². The summed E-state index contributed by atoms with van der Waals surface area (Å²) in [5.41, 5.74) is -3.88. The topological polar surface area (TPSA) is 251 Å². The third kappa shape index (κ3) is 37.3. The molecule has 0 saturated carbocycles. The minimum absolute atomic E-state index is 0.0252. The maximum Gasteiger partial charge on any atom is 0.390 e. The minimum atomic E-state index is -3.51. The van der Waals surface area contributed by atoms with Gasteiger partial charge in [0, 0.05) is 81.2 Å². The number of piperazine rings is 1. The summed E-state index contributed by atoms with van der Waals surface area (Å²) in [6.45, 7) is 37.6. The van der Waals surface area contributed by atoms with Gasteiger partial charge in [-0.05, 0) is 179 Å². The zero-order chi connectivity index (χ0) is 62.7. The molecule has 3 rings (SSSR count). The summed E-state index contributed by atoms with van der Waals surface area (Å²) in [5, 5.41) is 32.3. The van der Waals surface area contributed by atoms with Crippen LogP contribution in [-0.2, 0) is 64.6 Å². The first-order valence-electron chi connectivity index (χ1n) is 27.9. The fourth-order valence-corrected chi connectivity index (χ4v) is 22.4. The van der Waals surface area contributed by atoms with Crippen molar-refractivity contribution >= 4 is 77.3 Å². The summed E-state index contributed by atoms with van der Waals surface area (Å²) < 4.78 is 90.3. The molecule has 0 radical (unpaired) electrons. The molecule has 3 aliphatic heterocycles. The van der Waals surface area contributed by atoms with Gasteiger partial charge in [-0.1, -0.05) is 25.6 Å². The molecule has 482 valence electrons. The Kier molecular flexibility index (Phi) is 34.0. The van der Waals surface area contributed by atoms with Gasteiger partial charge in [0.15, 0.2) is 11.4 Å². The number of likely N-dealkylation sites (N-methyl/N-ethyl adjacent to an activating group) is 1. The average molecular weight is 1300 g/mol. The second-order valence-electron chi connectivity index (χ2n) is 26.7. The minimum Gasteiger partial charge on any atom is -0.394 e. The standard InChI is InChI=1S/C20H40NO5PS2.C18H36NO9PS.C15H33N2O3PS/c1-18(2,3)25-27(23,26-19(4,5)6)29-16-15-28-17(22)20(7,8)9-10-21-11-13-24-14-12-21;1-11(21)19-13-15(23)14(22)12(10-20)26-16(13)25-8-9-30-29(24,27-17(2,3)4)28-18(5,6)7;1-14(2,3)19-21(18,20-15(4,5)6)22-13-12-17-10-8-16(7)9-11-17/h9-16H2,1-8H3;12-16,20,22-23H,8-10H2,1-7H3,(H,19,21);8-13H2,1-7H3. The Hall–Kier alpha value is 0.630. The zero-order valence-corrected chi connectivity index (χ0v) is 59.2. The molecule has 3 saturated heterocycles. The van der Waals surface area contributed by atoms with Gasteiger partial charge in [0.2, 0.25) is 5.91 Å². The maximum atomic E-state index is 13.2. The van der Waals surface area contributed by atoms with Crippen molar-refractivity contribution in [2.45, 2.75) is 216 Å². The molecule has 0 aliphatic carbocycles. The van der Waals surface area contributed by atoms with Crippen LogP contribution in [0.3, 0.4) is 0 Å². The molecule has 21 nitrogen and oxygen atoms in total. The van der Waals surface area contributed by atoms with Gasteiger partial charge in [0.05, 0.1) is 60.0 Å². The second-order valence-corrected chi connectivity index (χ2v) is 39.9. The number of nitrogens with zero attached hydrogens (tertiary/aromatic N) is 3. The normalized spacial score (nSPS) is 22.1. The quantitative estimate of drug-likeness (QED) is 0.0490. The molecule has 3 aliphatic rings. The molecule has 0 spiro atoms. The smallest absolute Gasteiger partial charge is 0.390 e. The number of amides is 1. The highest BCUT2D eigenvalue weighted by Gasteiger charge is 2.46. The molecule has 28 heteroatoms. The number of carbonyl (C=O) groups is 2. The van der Waals surface area contributed by atoms with Crippen LogP contribution in [-0.4, -0.2) is 214 Å². The van der Waals surface area contributed by atoms with Crippen molar-refractivity contribution in [1.82, 2.24) is 20.0 Å². The van der Waals surface area contributed by atoms with Gasteiger partial charge in [-0.15, -0.1) is 0 Å². The molecule has 0 bridgehead atoms. The van der Waals surface area contributed by atoms with Crippen LogP contribution in [0.4, 0.5) is 0 Å². The highest BCUT2D eigenvalue weighted by molar-refractivity contribution is 8.55. The van der Waals surface area contributed by atoms with Crippen LogP contribution in [0.5, 0.6) is 0 Å². The van der Waals surface area contributed by atoms with Crippen LogP contribution in [0.2, 0.25) is 0 Å². The summed E-state index contributed by atoms with van der Waals surface area (Å²) >= 11 is 4.79. The van der Waals surface area contributed by atoms with Gasteiger partial charge in [-0.25, -0.2) is 13.7 Å². The molecule has 0 aromatic rings. The fraction of sp³-hybridized carbons (Fsp3) is 0.962. The predicted molar refractivity (Wildman–Crippen MR) is 334 cm³/mol. The summed E-state index contributed by atoms with van der Waals surface area (Å²) in [5.74, 6) is 1.63. The monoisotopic (exact) mass is 1290 g/mol.